The first-order valence-electron chi connectivity index (χ1n) is 8.74. The molecule has 0 spiro atoms. The van der Waals surface area contributed by atoms with Crippen LogP contribution in [0.4, 0.5) is 9.18 Å². The van der Waals surface area contributed by atoms with Gasteiger partial charge in [-0.3, -0.25) is 19.3 Å². The summed E-state index contributed by atoms with van der Waals surface area (Å²) < 4.78 is 13.8. The van der Waals surface area contributed by atoms with E-state index in [0.717, 1.165) is 27.7 Å². The molecule has 9 heteroatoms. The first-order chi connectivity index (χ1) is 14.0. The minimum absolute atomic E-state index is 0.0251. The molecule has 1 saturated heterocycles. The molecular formula is C20H15FN4O3S. The molecule has 0 saturated carbocycles. The molecule has 4 rings (SSSR count). The molecule has 7 nitrogen and oxygen atoms in total. The fourth-order valence-electron chi connectivity index (χ4n) is 2.89. The van der Waals surface area contributed by atoms with Crippen molar-refractivity contribution in [1.29, 1.82) is 0 Å². The molecule has 1 fully saturated rings. The maximum absolute atomic E-state index is 13.8. The molecular weight excluding hydrogens is 395 g/mol. The summed E-state index contributed by atoms with van der Waals surface area (Å²) in [5.41, 5.74) is 2.17. The van der Waals surface area contributed by atoms with Gasteiger partial charge in [-0.15, -0.1) is 0 Å². The highest BCUT2D eigenvalue weighted by atomic mass is 32.2. The van der Waals surface area contributed by atoms with E-state index in [0.29, 0.717) is 5.56 Å². The Morgan fingerprint density at radius 2 is 2.07 bits per heavy atom. The fraction of sp³-hybridized carbons (Fsp3) is 0.100. The number of hydrogen-bond donors (Lipinski definition) is 2. The lowest BCUT2D eigenvalue weighted by atomic mass is 10.2. The number of halogens is 1. The molecule has 0 aliphatic carbocycles. The number of carbonyl (C=O) groups excluding carboxylic acids is 3. The standard InChI is InChI=1S/C20H15FN4O3S/c21-14-4-2-1-3-12(14)10-17-19(27)25(20(28)29-17)8-7-22-18(26)13-5-6-15-16(9-13)24-11-23-15/h1-6,9-11H,7-8H2,(H,22,26)(H,23,24)/b17-10-. The summed E-state index contributed by atoms with van der Waals surface area (Å²) in [5.74, 6) is -1.30. The highest BCUT2D eigenvalue weighted by Gasteiger charge is 2.34. The van der Waals surface area contributed by atoms with Gasteiger partial charge in [0.25, 0.3) is 17.1 Å². The Bertz CT molecular complexity index is 1160. The number of fused-ring (bicyclic) bond motifs is 1. The van der Waals surface area contributed by atoms with Crippen LogP contribution < -0.4 is 5.32 Å². The average molecular weight is 410 g/mol. The zero-order chi connectivity index (χ0) is 20.4. The van der Waals surface area contributed by atoms with E-state index in [2.05, 4.69) is 15.3 Å². The smallest absolute Gasteiger partial charge is 0.293 e. The number of amides is 3. The summed E-state index contributed by atoms with van der Waals surface area (Å²) in [7, 11) is 0. The summed E-state index contributed by atoms with van der Waals surface area (Å²) in [6.45, 7) is 0.127. The van der Waals surface area contributed by atoms with E-state index in [-0.39, 0.29) is 29.5 Å². The molecule has 1 aliphatic rings. The number of thioether (sulfide) groups is 1. The van der Waals surface area contributed by atoms with Gasteiger partial charge in [-0.1, -0.05) is 18.2 Å². The van der Waals surface area contributed by atoms with Crippen molar-refractivity contribution < 1.29 is 18.8 Å². The van der Waals surface area contributed by atoms with E-state index < -0.39 is 17.0 Å². The second-order valence-corrected chi connectivity index (χ2v) is 7.24. The van der Waals surface area contributed by atoms with Crippen molar-refractivity contribution in [1.82, 2.24) is 20.2 Å². The van der Waals surface area contributed by atoms with Crippen LogP contribution >= 0.6 is 11.8 Å². The lowest BCUT2D eigenvalue weighted by Crippen LogP contribution is -2.37. The third kappa shape index (κ3) is 3.90. The second-order valence-electron chi connectivity index (χ2n) is 6.25. The topological polar surface area (TPSA) is 95.2 Å². The van der Waals surface area contributed by atoms with Gasteiger partial charge in [0, 0.05) is 24.2 Å². The van der Waals surface area contributed by atoms with Gasteiger partial charge in [0.15, 0.2) is 0 Å². The summed E-state index contributed by atoms with van der Waals surface area (Å²) in [5, 5.41) is 2.24. The molecule has 2 aromatic carbocycles. The summed E-state index contributed by atoms with van der Waals surface area (Å²) in [6, 6.07) is 11.1. The largest absolute Gasteiger partial charge is 0.350 e. The molecule has 29 heavy (non-hydrogen) atoms. The van der Waals surface area contributed by atoms with Crippen molar-refractivity contribution in [3.05, 3.63) is 70.6 Å². The van der Waals surface area contributed by atoms with Crippen molar-refractivity contribution in [2.75, 3.05) is 13.1 Å². The molecule has 146 valence electrons. The minimum Gasteiger partial charge on any atom is -0.350 e. The van der Waals surface area contributed by atoms with E-state index in [1.165, 1.54) is 18.2 Å². The third-order valence-electron chi connectivity index (χ3n) is 4.37. The Kier molecular flexibility index (Phi) is 5.13. The predicted octanol–water partition coefficient (Wildman–Crippen LogP) is 3.17. The monoisotopic (exact) mass is 410 g/mol. The van der Waals surface area contributed by atoms with Crippen LogP contribution in [-0.4, -0.2) is 45.0 Å². The van der Waals surface area contributed by atoms with Crippen LogP contribution in [0.25, 0.3) is 17.1 Å². The highest BCUT2D eigenvalue weighted by molar-refractivity contribution is 8.18. The number of benzene rings is 2. The van der Waals surface area contributed by atoms with Crippen LogP contribution in [0, 0.1) is 5.82 Å². The van der Waals surface area contributed by atoms with Crippen LogP contribution in [-0.2, 0) is 4.79 Å². The number of rotatable bonds is 5. The number of nitrogens with zero attached hydrogens (tertiary/aromatic N) is 2. The van der Waals surface area contributed by atoms with Gasteiger partial charge in [-0.05, 0) is 42.1 Å². The van der Waals surface area contributed by atoms with Gasteiger partial charge < -0.3 is 10.3 Å². The SMILES string of the molecule is O=C(NCCN1C(=O)S/C(=C\c2ccccc2F)C1=O)c1ccc2nc[nH]c2c1. The summed E-state index contributed by atoms with van der Waals surface area (Å²) >= 11 is 0.751. The van der Waals surface area contributed by atoms with E-state index in [9.17, 15) is 18.8 Å². The molecule has 0 unspecified atom stereocenters. The average Bonchev–Trinajstić information content (AvgIpc) is 3.28. The Morgan fingerprint density at radius 3 is 2.90 bits per heavy atom. The van der Waals surface area contributed by atoms with Gasteiger partial charge in [0.1, 0.15) is 5.82 Å². The Morgan fingerprint density at radius 1 is 1.24 bits per heavy atom. The molecule has 2 N–H and O–H groups in total. The van der Waals surface area contributed by atoms with E-state index in [1.807, 2.05) is 0 Å². The minimum atomic E-state index is -0.503. The Labute approximate surface area is 169 Å². The third-order valence-corrected chi connectivity index (χ3v) is 5.28. The Balaban J connectivity index is 1.38. The van der Waals surface area contributed by atoms with Crippen LogP contribution in [0.15, 0.2) is 53.7 Å². The van der Waals surface area contributed by atoms with E-state index in [4.69, 9.17) is 0 Å². The van der Waals surface area contributed by atoms with Crippen molar-refractivity contribution in [3.63, 3.8) is 0 Å². The first-order valence-corrected chi connectivity index (χ1v) is 9.56. The van der Waals surface area contributed by atoms with Crippen LogP contribution in [0.5, 0.6) is 0 Å². The molecule has 3 amide bonds. The highest BCUT2D eigenvalue weighted by Crippen LogP contribution is 2.32. The van der Waals surface area contributed by atoms with Gasteiger partial charge in [0.2, 0.25) is 0 Å². The van der Waals surface area contributed by atoms with Crippen LogP contribution in [0.1, 0.15) is 15.9 Å². The molecule has 1 aliphatic heterocycles. The number of H-pyrrole nitrogens is 1. The number of carbonyl (C=O) groups is 3. The van der Waals surface area contributed by atoms with E-state index >= 15 is 0 Å². The zero-order valence-electron chi connectivity index (χ0n) is 15.0. The molecule has 0 atom stereocenters. The maximum atomic E-state index is 13.8. The number of aromatic nitrogens is 2. The fourth-order valence-corrected chi connectivity index (χ4v) is 3.74. The van der Waals surface area contributed by atoms with E-state index in [1.54, 1.807) is 36.7 Å². The molecule has 2 heterocycles. The van der Waals surface area contributed by atoms with Crippen molar-refractivity contribution in [2.45, 2.75) is 0 Å². The van der Waals surface area contributed by atoms with Crippen molar-refractivity contribution >= 4 is 45.9 Å². The number of imide groups is 1. The number of aromatic amines is 1. The second kappa shape index (κ2) is 7.88. The van der Waals surface area contributed by atoms with Crippen molar-refractivity contribution in [3.8, 4) is 0 Å². The molecule has 0 radical (unpaired) electrons. The van der Waals surface area contributed by atoms with Gasteiger partial charge in [-0.2, -0.15) is 0 Å². The van der Waals surface area contributed by atoms with Crippen LogP contribution in [0.2, 0.25) is 0 Å². The Hall–Kier alpha value is -3.46. The number of hydrogen-bond acceptors (Lipinski definition) is 5. The van der Waals surface area contributed by atoms with Crippen molar-refractivity contribution in [2.24, 2.45) is 0 Å². The maximum Gasteiger partial charge on any atom is 0.293 e. The van der Waals surface area contributed by atoms with Gasteiger partial charge in [0.05, 0.1) is 22.3 Å². The zero-order valence-corrected chi connectivity index (χ0v) is 15.8. The summed E-state index contributed by atoms with van der Waals surface area (Å²) in [4.78, 5) is 45.1. The lowest BCUT2D eigenvalue weighted by Gasteiger charge is -2.13. The number of nitrogens with one attached hydrogen (secondary N) is 2. The van der Waals surface area contributed by atoms with Crippen LogP contribution in [0.3, 0.4) is 0 Å². The normalized spacial score (nSPS) is 15.5. The van der Waals surface area contributed by atoms with Gasteiger partial charge >= 0.3 is 0 Å². The first kappa shape index (κ1) is 18.9. The lowest BCUT2D eigenvalue weighted by molar-refractivity contribution is -0.122. The van der Waals surface area contributed by atoms with Gasteiger partial charge in [-0.25, -0.2) is 9.37 Å². The molecule has 0 bridgehead atoms. The molecule has 3 aromatic rings. The summed E-state index contributed by atoms with van der Waals surface area (Å²) in [6.07, 6.45) is 2.90. The molecule has 1 aromatic heterocycles. The predicted molar refractivity (Wildman–Crippen MR) is 108 cm³/mol. The quantitative estimate of drug-likeness (QED) is 0.630. The number of imidazole rings is 1.